The topological polar surface area (TPSA) is 64.6 Å². The molecule has 1 saturated heterocycles. The van der Waals surface area contributed by atoms with Gasteiger partial charge in [0.25, 0.3) is 0 Å². The lowest BCUT2D eigenvalue weighted by atomic mass is 10.1. The predicted molar refractivity (Wildman–Crippen MR) is 67.8 cm³/mol. The van der Waals surface area contributed by atoms with Gasteiger partial charge in [0.1, 0.15) is 0 Å². The van der Waals surface area contributed by atoms with E-state index < -0.39 is 0 Å². The zero-order valence-corrected chi connectivity index (χ0v) is 10.9. The van der Waals surface area contributed by atoms with Crippen molar-refractivity contribution in [2.75, 3.05) is 32.8 Å². The van der Waals surface area contributed by atoms with Gasteiger partial charge in [-0.05, 0) is 33.2 Å². The maximum Gasteiger partial charge on any atom is 0.237 e. The third-order valence-electron chi connectivity index (χ3n) is 3.28. The standard InChI is InChI=1S/C12H25N3O2/c1-3-13-12(17)10(2)15(7-8-16)9-11-5-4-6-14-11/h10-11,14,16H,3-9H2,1-2H3,(H,13,17). The molecule has 3 N–H and O–H groups in total. The molecule has 100 valence electrons. The van der Waals surface area contributed by atoms with Gasteiger partial charge in [0.15, 0.2) is 0 Å². The lowest BCUT2D eigenvalue weighted by Gasteiger charge is -2.29. The van der Waals surface area contributed by atoms with E-state index in [0.717, 1.165) is 19.5 Å². The van der Waals surface area contributed by atoms with Crippen LogP contribution in [-0.2, 0) is 4.79 Å². The smallest absolute Gasteiger partial charge is 0.237 e. The molecule has 1 aliphatic heterocycles. The molecule has 1 fully saturated rings. The summed E-state index contributed by atoms with van der Waals surface area (Å²) >= 11 is 0. The van der Waals surface area contributed by atoms with E-state index in [9.17, 15) is 4.79 Å². The van der Waals surface area contributed by atoms with Crippen LogP contribution in [0.1, 0.15) is 26.7 Å². The number of amides is 1. The Labute approximate surface area is 104 Å². The van der Waals surface area contributed by atoms with Gasteiger partial charge in [-0.25, -0.2) is 0 Å². The zero-order chi connectivity index (χ0) is 12.7. The molecule has 1 heterocycles. The molecule has 1 rings (SSSR count). The summed E-state index contributed by atoms with van der Waals surface area (Å²) in [6.07, 6.45) is 2.36. The minimum absolute atomic E-state index is 0.0407. The van der Waals surface area contributed by atoms with Crippen molar-refractivity contribution in [3.63, 3.8) is 0 Å². The molecular formula is C12H25N3O2. The highest BCUT2D eigenvalue weighted by Gasteiger charge is 2.24. The summed E-state index contributed by atoms with van der Waals surface area (Å²) in [5, 5.41) is 15.3. The van der Waals surface area contributed by atoms with Crippen LogP contribution in [0.15, 0.2) is 0 Å². The Balaban J connectivity index is 2.47. The van der Waals surface area contributed by atoms with Crippen molar-refractivity contribution in [1.29, 1.82) is 0 Å². The minimum atomic E-state index is -0.176. The SMILES string of the molecule is CCNC(=O)C(C)N(CCO)CC1CCCN1. The molecule has 1 aliphatic rings. The molecule has 0 saturated carbocycles. The van der Waals surface area contributed by atoms with Crippen molar-refractivity contribution in [2.45, 2.75) is 38.8 Å². The number of hydrogen-bond acceptors (Lipinski definition) is 4. The summed E-state index contributed by atoms with van der Waals surface area (Å²) in [4.78, 5) is 13.8. The lowest BCUT2D eigenvalue weighted by Crippen LogP contribution is -2.50. The fourth-order valence-corrected chi connectivity index (χ4v) is 2.25. The number of carbonyl (C=O) groups excluding carboxylic acids is 1. The summed E-state index contributed by atoms with van der Waals surface area (Å²) in [5.41, 5.74) is 0. The van der Waals surface area contributed by atoms with Crippen LogP contribution in [0.4, 0.5) is 0 Å². The first-order chi connectivity index (χ1) is 8.19. The van der Waals surface area contributed by atoms with Crippen LogP contribution in [0.2, 0.25) is 0 Å². The Morgan fingerprint density at radius 2 is 2.41 bits per heavy atom. The molecule has 0 aromatic heterocycles. The minimum Gasteiger partial charge on any atom is -0.395 e. The van der Waals surface area contributed by atoms with Crippen molar-refractivity contribution in [3.05, 3.63) is 0 Å². The summed E-state index contributed by atoms with van der Waals surface area (Å²) in [5.74, 6) is 0.0407. The molecule has 5 heteroatoms. The highest BCUT2D eigenvalue weighted by atomic mass is 16.3. The van der Waals surface area contributed by atoms with Crippen molar-refractivity contribution in [3.8, 4) is 0 Å². The second kappa shape index (κ2) is 7.63. The molecule has 0 aromatic rings. The predicted octanol–water partition coefficient (Wildman–Crippen LogP) is -0.443. The highest BCUT2D eigenvalue weighted by molar-refractivity contribution is 5.81. The Morgan fingerprint density at radius 3 is 2.94 bits per heavy atom. The number of carbonyl (C=O) groups is 1. The van der Waals surface area contributed by atoms with Gasteiger partial charge in [-0.15, -0.1) is 0 Å². The zero-order valence-electron chi connectivity index (χ0n) is 10.9. The van der Waals surface area contributed by atoms with Crippen molar-refractivity contribution >= 4 is 5.91 Å². The average Bonchev–Trinajstić information content (AvgIpc) is 2.80. The Hall–Kier alpha value is -0.650. The third kappa shape index (κ3) is 4.61. The molecule has 17 heavy (non-hydrogen) atoms. The van der Waals surface area contributed by atoms with Crippen LogP contribution in [0.3, 0.4) is 0 Å². The molecule has 0 spiro atoms. The molecule has 0 aliphatic carbocycles. The molecule has 5 nitrogen and oxygen atoms in total. The first-order valence-electron chi connectivity index (χ1n) is 6.55. The summed E-state index contributed by atoms with van der Waals surface area (Å²) in [6, 6.07) is 0.280. The largest absolute Gasteiger partial charge is 0.395 e. The van der Waals surface area contributed by atoms with E-state index in [1.165, 1.54) is 6.42 Å². The molecule has 0 radical (unpaired) electrons. The van der Waals surface area contributed by atoms with E-state index >= 15 is 0 Å². The molecule has 0 bridgehead atoms. The van der Waals surface area contributed by atoms with Gasteiger partial charge in [0.05, 0.1) is 12.6 Å². The second-order valence-electron chi connectivity index (χ2n) is 4.58. The number of nitrogens with zero attached hydrogens (tertiary/aromatic N) is 1. The highest BCUT2D eigenvalue weighted by Crippen LogP contribution is 2.09. The summed E-state index contributed by atoms with van der Waals surface area (Å²) in [7, 11) is 0. The fraction of sp³-hybridized carbons (Fsp3) is 0.917. The molecule has 1 amide bonds. The number of aliphatic hydroxyl groups excluding tert-OH is 1. The van der Waals surface area contributed by atoms with E-state index in [0.29, 0.717) is 19.1 Å². The van der Waals surface area contributed by atoms with E-state index in [-0.39, 0.29) is 18.6 Å². The van der Waals surface area contributed by atoms with Crippen LogP contribution in [-0.4, -0.2) is 60.8 Å². The summed E-state index contributed by atoms with van der Waals surface area (Å²) < 4.78 is 0. The average molecular weight is 243 g/mol. The van der Waals surface area contributed by atoms with Gasteiger partial charge >= 0.3 is 0 Å². The Kier molecular flexibility index (Phi) is 6.47. The number of hydrogen-bond donors (Lipinski definition) is 3. The van der Waals surface area contributed by atoms with Gasteiger partial charge < -0.3 is 15.7 Å². The second-order valence-corrected chi connectivity index (χ2v) is 4.58. The number of rotatable bonds is 7. The van der Waals surface area contributed by atoms with Crippen LogP contribution in [0.25, 0.3) is 0 Å². The normalized spacial score (nSPS) is 21.8. The van der Waals surface area contributed by atoms with Crippen molar-refractivity contribution in [2.24, 2.45) is 0 Å². The third-order valence-corrected chi connectivity index (χ3v) is 3.28. The molecule has 0 aromatic carbocycles. The Bertz CT molecular complexity index is 230. The van der Waals surface area contributed by atoms with Gasteiger partial charge in [-0.2, -0.15) is 0 Å². The first-order valence-corrected chi connectivity index (χ1v) is 6.55. The molecule has 2 unspecified atom stereocenters. The molecular weight excluding hydrogens is 218 g/mol. The number of nitrogens with one attached hydrogen (secondary N) is 2. The quantitative estimate of drug-likeness (QED) is 0.567. The number of aliphatic hydroxyl groups is 1. The maximum absolute atomic E-state index is 11.8. The van der Waals surface area contributed by atoms with Crippen LogP contribution in [0, 0.1) is 0 Å². The van der Waals surface area contributed by atoms with Crippen LogP contribution >= 0.6 is 0 Å². The van der Waals surface area contributed by atoms with E-state index in [2.05, 4.69) is 10.6 Å². The van der Waals surface area contributed by atoms with Crippen LogP contribution < -0.4 is 10.6 Å². The van der Waals surface area contributed by atoms with Crippen molar-refractivity contribution < 1.29 is 9.90 Å². The fourth-order valence-electron chi connectivity index (χ4n) is 2.25. The van der Waals surface area contributed by atoms with Gasteiger partial charge in [0.2, 0.25) is 5.91 Å². The van der Waals surface area contributed by atoms with Gasteiger partial charge in [-0.3, -0.25) is 9.69 Å². The van der Waals surface area contributed by atoms with E-state index in [1.54, 1.807) is 0 Å². The summed E-state index contributed by atoms with van der Waals surface area (Å²) in [6.45, 7) is 7.01. The Morgan fingerprint density at radius 1 is 1.65 bits per heavy atom. The van der Waals surface area contributed by atoms with Gasteiger partial charge in [0, 0.05) is 25.7 Å². The van der Waals surface area contributed by atoms with E-state index in [1.807, 2.05) is 18.7 Å². The van der Waals surface area contributed by atoms with Crippen LogP contribution in [0.5, 0.6) is 0 Å². The first kappa shape index (κ1) is 14.4. The number of likely N-dealkylation sites (N-methyl/N-ethyl adjacent to an activating group) is 1. The maximum atomic E-state index is 11.8. The monoisotopic (exact) mass is 243 g/mol. The van der Waals surface area contributed by atoms with E-state index in [4.69, 9.17) is 5.11 Å². The lowest BCUT2D eigenvalue weighted by molar-refractivity contribution is -0.126. The van der Waals surface area contributed by atoms with Crippen molar-refractivity contribution in [1.82, 2.24) is 15.5 Å². The molecule has 2 atom stereocenters. The van der Waals surface area contributed by atoms with Gasteiger partial charge in [-0.1, -0.05) is 0 Å².